The van der Waals surface area contributed by atoms with Crippen molar-refractivity contribution in [2.45, 2.75) is 70.4 Å². The number of hydrogen-bond acceptors (Lipinski definition) is 8. The van der Waals surface area contributed by atoms with Crippen LogP contribution < -0.4 is 16.4 Å². The number of esters is 1. The summed E-state index contributed by atoms with van der Waals surface area (Å²) in [5.41, 5.74) is 6.43. The average Bonchev–Trinajstić information content (AvgIpc) is 3.02. The minimum atomic E-state index is -4.01. The van der Waals surface area contributed by atoms with Crippen LogP contribution in [0, 0.1) is 11.6 Å². The van der Waals surface area contributed by atoms with Crippen molar-refractivity contribution < 1.29 is 36.6 Å². The van der Waals surface area contributed by atoms with Crippen molar-refractivity contribution >= 4 is 21.7 Å². The Bertz CT molecular complexity index is 1540. The first-order valence-corrected chi connectivity index (χ1v) is 17.1. The second-order valence-electron chi connectivity index (χ2n) is 11.4. The molecule has 1 amide bonds. The van der Waals surface area contributed by atoms with E-state index < -0.39 is 56.8 Å². The molecule has 0 saturated carbocycles. The predicted molar refractivity (Wildman–Crippen MR) is 172 cm³/mol. The normalized spacial score (nSPS) is 14.2. The number of aryl methyl sites for hydroxylation is 1. The maximum Gasteiger partial charge on any atom is 0.337 e. The van der Waals surface area contributed by atoms with Crippen LogP contribution in [0.4, 0.5) is 8.78 Å². The van der Waals surface area contributed by atoms with Gasteiger partial charge in [-0.05, 0) is 53.6 Å². The number of ether oxygens (including phenoxy) is 1. The number of sulfone groups is 1. The number of nitrogens with two attached hydrogens (primary N) is 1. The number of aliphatic hydroxyl groups is 1. The minimum Gasteiger partial charge on any atom is -0.459 e. The lowest BCUT2D eigenvalue weighted by Gasteiger charge is -2.31. The molecule has 0 heterocycles. The number of amides is 1. The first-order chi connectivity index (χ1) is 21.8. The Morgan fingerprint density at radius 2 is 1.59 bits per heavy atom. The summed E-state index contributed by atoms with van der Waals surface area (Å²) in [7, 11) is -4.01. The fourth-order valence-electron chi connectivity index (χ4n) is 4.88. The molecule has 3 rings (SSSR count). The van der Waals surface area contributed by atoms with Crippen molar-refractivity contribution in [3.05, 3.63) is 107 Å². The molecule has 3 aromatic carbocycles. The number of unbranched alkanes of at least 4 members (excludes halogenated alkanes) is 1. The molecule has 9 nitrogen and oxygen atoms in total. The Balaban J connectivity index is 1.86. The summed E-state index contributed by atoms with van der Waals surface area (Å²) < 4.78 is 59.4. The first-order valence-electron chi connectivity index (χ1n) is 15.3. The van der Waals surface area contributed by atoms with Gasteiger partial charge in [-0.2, -0.15) is 0 Å². The number of nitrogens with one attached hydrogen (secondary N) is 2. The maximum atomic E-state index is 14.1. The molecule has 5 N–H and O–H groups in total. The summed E-state index contributed by atoms with van der Waals surface area (Å²) in [5.74, 6) is -5.54. The van der Waals surface area contributed by atoms with Crippen LogP contribution in [0.5, 0.6) is 0 Å². The van der Waals surface area contributed by atoms with E-state index in [2.05, 4.69) is 10.6 Å². The number of carbonyl (C=O) groups is 2. The summed E-state index contributed by atoms with van der Waals surface area (Å²) in [4.78, 5) is 27.2. The Labute approximate surface area is 269 Å². The van der Waals surface area contributed by atoms with Crippen molar-refractivity contribution in [2.75, 3.05) is 18.1 Å². The molecule has 0 spiro atoms. The highest BCUT2D eigenvalue weighted by molar-refractivity contribution is 7.91. The van der Waals surface area contributed by atoms with E-state index in [0.717, 1.165) is 29.7 Å². The third-order valence-corrected chi connectivity index (χ3v) is 9.29. The van der Waals surface area contributed by atoms with Crippen LogP contribution >= 0.6 is 0 Å². The van der Waals surface area contributed by atoms with Gasteiger partial charge in [0.2, 0.25) is 5.54 Å². The predicted octanol–water partition coefficient (Wildman–Crippen LogP) is 3.36. The van der Waals surface area contributed by atoms with E-state index in [0.29, 0.717) is 31.0 Å². The van der Waals surface area contributed by atoms with Crippen molar-refractivity contribution in [2.24, 2.45) is 5.73 Å². The van der Waals surface area contributed by atoms with E-state index in [1.54, 1.807) is 37.3 Å². The van der Waals surface area contributed by atoms with Crippen LogP contribution in [0.3, 0.4) is 0 Å². The zero-order valence-corrected chi connectivity index (χ0v) is 27.0. The van der Waals surface area contributed by atoms with Crippen LogP contribution in [0.25, 0.3) is 0 Å². The fraction of sp³-hybridized carbons (Fsp3) is 0.412. The first kappa shape index (κ1) is 36.8. The van der Waals surface area contributed by atoms with Gasteiger partial charge in [0.1, 0.15) is 18.2 Å². The molecule has 46 heavy (non-hydrogen) atoms. The second-order valence-corrected chi connectivity index (χ2v) is 13.6. The third kappa shape index (κ3) is 11.3. The molecule has 0 aliphatic heterocycles. The van der Waals surface area contributed by atoms with Gasteiger partial charge in [0.25, 0.3) is 5.91 Å². The lowest BCUT2D eigenvalue weighted by molar-refractivity contribution is -0.155. The van der Waals surface area contributed by atoms with E-state index >= 15 is 0 Å². The molecule has 12 heteroatoms. The molecule has 0 aliphatic rings. The number of hydrogen-bond donors (Lipinski definition) is 4. The molecule has 0 saturated heterocycles. The van der Waals surface area contributed by atoms with Gasteiger partial charge in [-0.3, -0.25) is 4.79 Å². The molecule has 0 aliphatic carbocycles. The van der Waals surface area contributed by atoms with E-state index in [1.165, 1.54) is 0 Å². The van der Waals surface area contributed by atoms with Gasteiger partial charge in [0, 0.05) is 19.2 Å². The number of rotatable bonds is 18. The molecule has 0 unspecified atom stereocenters. The summed E-state index contributed by atoms with van der Waals surface area (Å²) in [5, 5.41) is 16.8. The molecular formula is C34H43F2N3O6S. The van der Waals surface area contributed by atoms with Crippen molar-refractivity contribution in [1.82, 2.24) is 10.6 Å². The lowest BCUT2D eigenvalue weighted by Crippen LogP contribution is -2.66. The van der Waals surface area contributed by atoms with Crippen molar-refractivity contribution in [3.63, 3.8) is 0 Å². The van der Waals surface area contributed by atoms with Crippen molar-refractivity contribution in [3.8, 4) is 0 Å². The summed E-state index contributed by atoms with van der Waals surface area (Å²) >= 11 is 0. The quantitative estimate of drug-likeness (QED) is 0.120. The lowest BCUT2D eigenvalue weighted by atomic mass is 9.97. The van der Waals surface area contributed by atoms with E-state index in [9.17, 15) is 31.9 Å². The minimum absolute atomic E-state index is 0.0656. The highest BCUT2D eigenvalue weighted by atomic mass is 32.2. The zero-order valence-electron chi connectivity index (χ0n) is 26.2. The summed E-state index contributed by atoms with van der Waals surface area (Å²) in [6, 6.07) is 18.0. The van der Waals surface area contributed by atoms with Gasteiger partial charge in [0.15, 0.2) is 9.84 Å². The SMILES string of the molecule is CCCCS(=O)(=O)C[C@](N)(C(=O)N[C@@H](Cc1cc(F)cc(F)c1)[C@H](O)CNCc1cccc(CC)c1)C(=O)OCc1ccccc1. The maximum absolute atomic E-state index is 14.1. The molecule has 0 fully saturated rings. The molecule has 0 radical (unpaired) electrons. The number of benzene rings is 3. The van der Waals surface area contributed by atoms with Gasteiger partial charge in [-0.15, -0.1) is 0 Å². The Kier molecular flexibility index (Phi) is 13.8. The van der Waals surface area contributed by atoms with Gasteiger partial charge >= 0.3 is 5.97 Å². The van der Waals surface area contributed by atoms with E-state index in [1.807, 2.05) is 31.2 Å². The highest BCUT2D eigenvalue weighted by Crippen LogP contribution is 2.17. The molecule has 0 bridgehead atoms. The molecule has 3 aromatic rings. The van der Waals surface area contributed by atoms with Crippen molar-refractivity contribution in [1.29, 1.82) is 0 Å². The van der Waals surface area contributed by atoms with Gasteiger partial charge in [0.05, 0.1) is 23.7 Å². The van der Waals surface area contributed by atoms with Crippen LogP contribution in [0.1, 0.15) is 48.9 Å². The van der Waals surface area contributed by atoms with Gasteiger partial charge in [-0.25, -0.2) is 22.0 Å². The third-order valence-electron chi connectivity index (χ3n) is 7.48. The molecule has 0 aromatic heterocycles. The zero-order chi connectivity index (χ0) is 33.7. The Morgan fingerprint density at radius 1 is 0.935 bits per heavy atom. The summed E-state index contributed by atoms with van der Waals surface area (Å²) in [6.07, 6.45) is 0.0868. The van der Waals surface area contributed by atoms with Gasteiger partial charge in [-0.1, -0.05) is 74.9 Å². The highest BCUT2D eigenvalue weighted by Gasteiger charge is 2.48. The van der Waals surface area contributed by atoms with Crippen LogP contribution in [0.2, 0.25) is 0 Å². The summed E-state index contributed by atoms with van der Waals surface area (Å²) in [6.45, 7) is 3.87. The molecule has 3 atom stereocenters. The molecule has 250 valence electrons. The number of aliphatic hydroxyl groups excluding tert-OH is 1. The second kappa shape index (κ2) is 17.3. The topological polar surface area (TPSA) is 148 Å². The monoisotopic (exact) mass is 659 g/mol. The standard InChI is InChI=1S/C34H43F2N3O6S/c1-3-5-14-46(43,44)23-34(37,33(42)45-22-25-10-7-6-8-11-25)32(41)39-30(18-27-16-28(35)19-29(36)17-27)31(40)21-38-20-26-13-9-12-24(4-2)15-26/h6-13,15-17,19,30-31,38,40H,3-5,14,18,20-23,37H2,1-2H3,(H,39,41)/t30-,31+,34-/m0/s1. The van der Waals surface area contributed by atoms with E-state index in [-0.39, 0.29) is 30.9 Å². The number of carbonyl (C=O) groups excluding carboxylic acids is 2. The van der Waals surface area contributed by atoms with Crippen LogP contribution in [0.15, 0.2) is 72.8 Å². The Hall–Kier alpha value is -3.71. The number of halogens is 2. The largest absolute Gasteiger partial charge is 0.459 e. The average molecular weight is 660 g/mol. The van der Waals surface area contributed by atoms with Crippen LogP contribution in [-0.2, 0) is 50.2 Å². The molecular weight excluding hydrogens is 616 g/mol. The fourth-order valence-corrected chi connectivity index (χ4v) is 6.70. The Morgan fingerprint density at radius 3 is 2.24 bits per heavy atom. The smallest absolute Gasteiger partial charge is 0.337 e. The van der Waals surface area contributed by atoms with Gasteiger partial charge < -0.3 is 26.2 Å². The van der Waals surface area contributed by atoms with E-state index in [4.69, 9.17) is 10.5 Å². The van der Waals surface area contributed by atoms with Crippen LogP contribution in [-0.4, -0.2) is 61.1 Å².